The van der Waals surface area contributed by atoms with Crippen molar-refractivity contribution in [2.45, 2.75) is 0 Å². The molecule has 0 fully saturated rings. The van der Waals surface area contributed by atoms with Gasteiger partial charge in [-0.3, -0.25) is 0 Å². The molecule has 0 saturated heterocycles. The van der Waals surface area contributed by atoms with E-state index < -0.39 is 5.97 Å². The molecular formula is C10H6ClN3O2. The molecule has 0 amide bonds. The Kier molecular flexibility index (Phi) is 4.22. The predicted molar refractivity (Wildman–Crippen MR) is 59.3 cm³/mol. The average molecular weight is 236 g/mol. The molecule has 0 spiro atoms. The van der Waals surface area contributed by atoms with Gasteiger partial charge in [0.15, 0.2) is 0 Å². The third-order valence-corrected chi connectivity index (χ3v) is 1.97. The van der Waals surface area contributed by atoms with Crippen molar-refractivity contribution in [3.63, 3.8) is 0 Å². The number of halogens is 1. The number of aromatic carboxylic acids is 1. The number of carbonyl (C=O) groups is 1. The van der Waals surface area contributed by atoms with Crippen molar-refractivity contribution in [1.29, 1.82) is 0 Å². The van der Waals surface area contributed by atoms with Crippen LogP contribution < -0.4 is 0 Å². The second-order valence-corrected chi connectivity index (χ2v) is 3.10. The smallest absolute Gasteiger partial charge is 0.337 e. The standard InChI is InChI=1S/C10H6ClN3O2/c11-9-4-3-7(2-1-5-13-14-12)6-8(9)10(15)16/h3-4,6H,5H2,(H,15,16). The van der Waals surface area contributed by atoms with Crippen molar-refractivity contribution in [3.05, 3.63) is 44.8 Å². The van der Waals surface area contributed by atoms with Crippen LogP contribution in [-0.4, -0.2) is 17.6 Å². The van der Waals surface area contributed by atoms with Gasteiger partial charge in [-0.15, -0.1) is 0 Å². The molecule has 0 saturated carbocycles. The summed E-state index contributed by atoms with van der Waals surface area (Å²) in [6.07, 6.45) is 0. The summed E-state index contributed by atoms with van der Waals surface area (Å²) in [6, 6.07) is 4.42. The zero-order chi connectivity index (χ0) is 12.0. The molecule has 80 valence electrons. The summed E-state index contributed by atoms with van der Waals surface area (Å²) >= 11 is 5.68. The predicted octanol–water partition coefficient (Wildman–Crippen LogP) is 2.70. The highest BCUT2D eigenvalue weighted by Crippen LogP contribution is 2.16. The van der Waals surface area contributed by atoms with E-state index in [-0.39, 0.29) is 17.1 Å². The summed E-state index contributed by atoms with van der Waals surface area (Å²) in [5, 5.41) is 12.2. The number of carboxylic acids is 1. The first-order valence-corrected chi connectivity index (χ1v) is 4.55. The van der Waals surface area contributed by atoms with E-state index in [1.807, 2.05) is 0 Å². The Hall–Kier alpha value is -2.15. The highest BCUT2D eigenvalue weighted by atomic mass is 35.5. The van der Waals surface area contributed by atoms with Crippen LogP contribution >= 0.6 is 11.6 Å². The Morgan fingerprint density at radius 2 is 2.38 bits per heavy atom. The Labute approximate surface area is 96.3 Å². The molecule has 0 aromatic heterocycles. The van der Waals surface area contributed by atoms with Gasteiger partial charge in [0.2, 0.25) is 0 Å². The maximum absolute atomic E-state index is 10.8. The van der Waals surface area contributed by atoms with E-state index in [0.717, 1.165) is 0 Å². The number of benzene rings is 1. The third kappa shape index (κ3) is 3.21. The fourth-order valence-electron chi connectivity index (χ4n) is 0.975. The van der Waals surface area contributed by atoms with E-state index in [1.54, 1.807) is 6.07 Å². The monoisotopic (exact) mass is 235 g/mol. The molecule has 1 rings (SSSR count). The molecule has 0 aliphatic rings. The zero-order valence-electron chi connectivity index (χ0n) is 8.01. The molecule has 0 radical (unpaired) electrons. The molecule has 1 aromatic carbocycles. The van der Waals surface area contributed by atoms with Gasteiger partial charge in [0.05, 0.1) is 17.1 Å². The number of nitrogens with zero attached hydrogens (tertiary/aromatic N) is 3. The van der Waals surface area contributed by atoms with Crippen LogP contribution in [0.2, 0.25) is 5.02 Å². The first-order valence-electron chi connectivity index (χ1n) is 4.17. The average Bonchev–Trinajstić information content (AvgIpc) is 2.26. The van der Waals surface area contributed by atoms with E-state index in [1.165, 1.54) is 12.1 Å². The second-order valence-electron chi connectivity index (χ2n) is 2.69. The van der Waals surface area contributed by atoms with Gasteiger partial charge in [0, 0.05) is 10.5 Å². The van der Waals surface area contributed by atoms with Gasteiger partial charge in [0.25, 0.3) is 0 Å². The van der Waals surface area contributed by atoms with Crippen LogP contribution in [0.15, 0.2) is 23.3 Å². The maximum atomic E-state index is 10.8. The maximum Gasteiger partial charge on any atom is 0.337 e. The molecular weight excluding hydrogens is 230 g/mol. The summed E-state index contributed by atoms with van der Waals surface area (Å²) < 4.78 is 0. The van der Waals surface area contributed by atoms with Crippen LogP contribution in [0.1, 0.15) is 15.9 Å². The van der Waals surface area contributed by atoms with Gasteiger partial charge in [-0.2, -0.15) is 0 Å². The van der Waals surface area contributed by atoms with Crippen LogP contribution in [-0.2, 0) is 0 Å². The number of rotatable bonds is 2. The van der Waals surface area contributed by atoms with Crippen molar-refractivity contribution < 1.29 is 9.90 Å². The van der Waals surface area contributed by atoms with Gasteiger partial charge >= 0.3 is 5.97 Å². The minimum atomic E-state index is -1.11. The van der Waals surface area contributed by atoms with E-state index in [4.69, 9.17) is 22.2 Å². The topological polar surface area (TPSA) is 86.1 Å². The fourth-order valence-corrected chi connectivity index (χ4v) is 1.17. The summed E-state index contributed by atoms with van der Waals surface area (Å²) in [4.78, 5) is 13.3. The Balaban J connectivity index is 2.97. The van der Waals surface area contributed by atoms with Crippen LogP contribution in [0.25, 0.3) is 10.4 Å². The molecule has 6 heteroatoms. The Bertz CT molecular complexity index is 525. The SMILES string of the molecule is [N-]=[N+]=NCC#Cc1ccc(Cl)c(C(=O)O)c1. The number of hydrogen-bond donors (Lipinski definition) is 1. The van der Waals surface area contributed by atoms with Crippen molar-refractivity contribution >= 4 is 17.6 Å². The van der Waals surface area contributed by atoms with E-state index in [9.17, 15) is 4.79 Å². The molecule has 0 aliphatic carbocycles. The van der Waals surface area contributed by atoms with E-state index in [2.05, 4.69) is 21.9 Å². The van der Waals surface area contributed by atoms with Gasteiger partial charge in [0.1, 0.15) is 0 Å². The summed E-state index contributed by atoms with van der Waals surface area (Å²) in [5.74, 6) is 4.14. The van der Waals surface area contributed by atoms with Crippen molar-refractivity contribution in [1.82, 2.24) is 0 Å². The molecule has 1 aromatic rings. The number of hydrogen-bond acceptors (Lipinski definition) is 2. The molecule has 0 unspecified atom stereocenters. The molecule has 0 aliphatic heterocycles. The lowest BCUT2D eigenvalue weighted by molar-refractivity contribution is 0.0697. The first-order chi connectivity index (χ1) is 7.65. The molecule has 16 heavy (non-hydrogen) atoms. The lowest BCUT2D eigenvalue weighted by Gasteiger charge is -1.98. The van der Waals surface area contributed by atoms with Crippen LogP contribution in [0.4, 0.5) is 0 Å². The lowest BCUT2D eigenvalue weighted by Crippen LogP contribution is -1.97. The number of azide groups is 1. The largest absolute Gasteiger partial charge is 0.478 e. The lowest BCUT2D eigenvalue weighted by atomic mass is 10.1. The van der Waals surface area contributed by atoms with E-state index >= 15 is 0 Å². The van der Waals surface area contributed by atoms with Gasteiger partial charge in [-0.1, -0.05) is 28.6 Å². The minimum absolute atomic E-state index is 0.00255. The minimum Gasteiger partial charge on any atom is -0.478 e. The third-order valence-electron chi connectivity index (χ3n) is 1.64. The Morgan fingerprint density at radius 1 is 1.62 bits per heavy atom. The summed E-state index contributed by atoms with van der Waals surface area (Å²) in [6.45, 7) is 0.0432. The molecule has 0 heterocycles. The second kappa shape index (κ2) is 5.66. The number of carboxylic acid groups (broad SMARTS) is 1. The summed E-state index contributed by atoms with van der Waals surface area (Å²) in [5.41, 5.74) is 8.52. The van der Waals surface area contributed by atoms with Crippen molar-refractivity contribution in [2.24, 2.45) is 5.11 Å². The first kappa shape index (κ1) is 11.9. The summed E-state index contributed by atoms with van der Waals surface area (Å²) in [7, 11) is 0. The van der Waals surface area contributed by atoms with Crippen LogP contribution in [0, 0.1) is 11.8 Å². The van der Waals surface area contributed by atoms with Crippen LogP contribution in [0.3, 0.4) is 0 Å². The quantitative estimate of drug-likeness (QED) is 0.370. The van der Waals surface area contributed by atoms with Gasteiger partial charge < -0.3 is 5.11 Å². The molecule has 0 atom stereocenters. The van der Waals surface area contributed by atoms with Gasteiger partial charge in [-0.05, 0) is 23.7 Å². The molecule has 5 nitrogen and oxygen atoms in total. The fraction of sp³-hybridized carbons (Fsp3) is 0.100. The van der Waals surface area contributed by atoms with Gasteiger partial charge in [-0.25, -0.2) is 4.79 Å². The van der Waals surface area contributed by atoms with Crippen molar-refractivity contribution in [3.8, 4) is 11.8 Å². The highest BCUT2D eigenvalue weighted by molar-refractivity contribution is 6.33. The van der Waals surface area contributed by atoms with Crippen molar-refractivity contribution in [2.75, 3.05) is 6.54 Å². The van der Waals surface area contributed by atoms with Crippen LogP contribution in [0.5, 0.6) is 0 Å². The zero-order valence-corrected chi connectivity index (χ0v) is 8.77. The molecule has 1 N–H and O–H groups in total. The normalized spacial score (nSPS) is 8.56. The van der Waals surface area contributed by atoms with E-state index in [0.29, 0.717) is 5.56 Å². The Morgan fingerprint density at radius 3 is 3.00 bits per heavy atom. The highest BCUT2D eigenvalue weighted by Gasteiger charge is 2.07. The molecule has 0 bridgehead atoms.